The number of nitrogens with zero attached hydrogens (tertiary/aromatic N) is 1. The van der Waals surface area contributed by atoms with E-state index >= 15 is 0 Å². The molecule has 0 aromatic carbocycles. The molecule has 0 fully saturated rings. The van der Waals surface area contributed by atoms with Crippen LogP contribution in [0.2, 0.25) is 11.8 Å². The molecule has 1 heterocycles. The molecule has 0 bridgehead atoms. The molecule has 0 N–H and O–H groups in total. The SMILES string of the molecule is C[CH](C)[Sn]([c]1ncco1)([CH](C)C)[CH](C)C. The molecule has 0 amide bonds. The Morgan fingerprint density at radius 3 is 1.73 bits per heavy atom. The molecule has 0 aliphatic carbocycles. The molecule has 0 atom stereocenters. The Bertz CT molecular complexity index is 269. The van der Waals surface area contributed by atoms with Crippen molar-refractivity contribution in [2.45, 2.75) is 53.3 Å². The first kappa shape index (κ1) is 13.1. The van der Waals surface area contributed by atoms with E-state index in [1.807, 2.05) is 0 Å². The van der Waals surface area contributed by atoms with Crippen LogP contribution in [0.3, 0.4) is 0 Å². The number of hydrogen-bond donors (Lipinski definition) is 0. The molecule has 1 rings (SSSR count). The van der Waals surface area contributed by atoms with E-state index in [-0.39, 0.29) is 0 Å². The molecule has 1 aromatic rings. The van der Waals surface area contributed by atoms with Crippen molar-refractivity contribution in [3.63, 3.8) is 0 Å². The minimum atomic E-state index is -2.49. The van der Waals surface area contributed by atoms with Gasteiger partial charge in [0, 0.05) is 0 Å². The van der Waals surface area contributed by atoms with Crippen LogP contribution in [0.5, 0.6) is 0 Å². The van der Waals surface area contributed by atoms with Gasteiger partial charge in [-0.15, -0.1) is 0 Å². The van der Waals surface area contributed by atoms with Gasteiger partial charge in [0.25, 0.3) is 0 Å². The Morgan fingerprint density at radius 1 is 1.00 bits per heavy atom. The predicted octanol–water partition coefficient (Wildman–Crippen LogP) is 3.56. The van der Waals surface area contributed by atoms with Crippen molar-refractivity contribution in [3.05, 3.63) is 12.5 Å². The van der Waals surface area contributed by atoms with E-state index in [4.69, 9.17) is 4.42 Å². The van der Waals surface area contributed by atoms with Crippen molar-refractivity contribution < 1.29 is 4.42 Å². The Balaban J connectivity index is 3.27. The van der Waals surface area contributed by atoms with E-state index in [2.05, 4.69) is 46.5 Å². The van der Waals surface area contributed by atoms with Gasteiger partial charge >= 0.3 is 97.5 Å². The maximum atomic E-state index is 5.67. The van der Waals surface area contributed by atoms with Crippen LogP contribution in [0, 0.1) is 0 Å². The molecule has 3 heteroatoms. The molecular weight excluding hydrogens is 293 g/mol. The Hall–Kier alpha value is 0.00870. The van der Waals surface area contributed by atoms with Crippen LogP contribution >= 0.6 is 0 Å². The zero-order valence-electron chi connectivity index (χ0n) is 10.7. The zero-order chi connectivity index (χ0) is 11.6. The summed E-state index contributed by atoms with van der Waals surface area (Å²) in [5.74, 6) is 0. The first-order chi connectivity index (χ1) is 6.94. The minimum absolute atomic E-state index is 0.734. The molecule has 0 spiro atoms. The first-order valence-corrected chi connectivity index (χ1v) is 12.2. The normalized spacial score (nSPS) is 13.1. The molecule has 1 aromatic heterocycles. The van der Waals surface area contributed by atoms with Gasteiger partial charge in [-0.3, -0.25) is 0 Å². The van der Waals surface area contributed by atoms with E-state index in [0.717, 1.165) is 15.7 Å². The third kappa shape index (κ3) is 2.10. The molecule has 0 saturated heterocycles. The van der Waals surface area contributed by atoms with Crippen molar-refractivity contribution in [1.29, 1.82) is 0 Å². The van der Waals surface area contributed by atoms with Gasteiger partial charge in [0.1, 0.15) is 0 Å². The zero-order valence-corrected chi connectivity index (χ0v) is 13.6. The summed E-state index contributed by atoms with van der Waals surface area (Å²) in [7, 11) is 0. The molecule has 0 aliphatic heterocycles. The summed E-state index contributed by atoms with van der Waals surface area (Å²) in [6.07, 6.45) is 3.53. The fraction of sp³-hybridized carbons (Fsp3) is 0.750. The summed E-state index contributed by atoms with van der Waals surface area (Å²) in [6.45, 7) is 14.1. The van der Waals surface area contributed by atoms with Gasteiger partial charge in [-0.2, -0.15) is 0 Å². The fourth-order valence-electron chi connectivity index (χ4n) is 3.18. The standard InChI is InChI=1S/C3H2NO.3C3H7.Sn/c1-2-5-3-4-1;3*1-3-2;/h1-2H;3*3H,1-2H3;. The van der Waals surface area contributed by atoms with E-state index in [0.29, 0.717) is 0 Å². The third-order valence-electron chi connectivity index (χ3n) is 3.67. The van der Waals surface area contributed by atoms with Crippen molar-refractivity contribution in [2.24, 2.45) is 0 Å². The van der Waals surface area contributed by atoms with E-state index in [1.165, 1.54) is 0 Å². The van der Waals surface area contributed by atoms with Gasteiger partial charge in [0.2, 0.25) is 0 Å². The quantitative estimate of drug-likeness (QED) is 0.794. The van der Waals surface area contributed by atoms with Crippen LogP contribution in [0.4, 0.5) is 0 Å². The third-order valence-corrected chi connectivity index (χ3v) is 22.8. The Kier molecular flexibility index (Phi) is 4.27. The number of hydrogen-bond acceptors (Lipinski definition) is 2. The second-order valence-corrected chi connectivity index (χ2v) is 21.7. The van der Waals surface area contributed by atoms with Crippen LogP contribution in [0.15, 0.2) is 16.9 Å². The molecule has 0 aliphatic rings. The van der Waals surface area contributed by atoms with Gasteiger partial charge in [-0.1, -0.05) is 0 Å². The van der Waals surface area contributed by atoms with Crippen molar-refractivity contribution in [2.75, 3.05) is 0 Å². The van der Waals surface area contributed by atoms with Crippen LogP contribution in [0.1, 0.15) is 41.5 Å². The summed E-state index contributed by atoms with van der Waals surface area (Å²) in [6, 6.07) is 0. The molecule has 0 radical (unpaired) electrons. The second kappa shape index (κ2) is 4.89. The summed E-state index contributed by atoms with van der Waals surface area (Å²) in [4.78, 5) is 4.48. The summed E-state index contributed by atoms with van der Waals surface area (Å²) in [5.41, 5.74) is 0. The number of oxazole rings is 1. The van der Waals surface area contributed by atoms with Crippen LogP contribution < -0.4 is 3.91 Å². The van der Waals surface area contributed by atoms with Crippen LogP contribution in [-0.2, 0) is 0 Å². The van der Waals surface area contributed by atoms with Gasteiger partial charge in [0.05, 0.1) is 0 Å². The Morgan fingerprint density at radius 2 is 1.47 bits per heavy atom. The molecule has 15 heavy (non-hydrogen) atoms. The Labute approximate surface area is 97.3 Å². The van der Waals surface area contributed by atoms with Gasteiger partial charge in [-0.25, -0.2) is 0 Å². The molecule has 86 valence electrons. The molecular formula is C12H23NOSn. The van der Waals surface area contributed by atoms with Crippen molar-refractivity contribution >= 4 is 22.3 Å². The maximum absolute atomic E-state index is 5.67. The van der Waals surface area contributed by atoms with E-state index < -0.39 is 18.4 Å². The van der Waals surface area contributed by atoms with Gasteiger partial charge in [-0.05, 0) is 0 Å². The predicted molar refractivity (Wildman–Crippen MR) is 67.2 cm³/mol. The number of rotatable bonds is 4. The fourth-order valence-corrected chi connectivity index (χ4v) is 20.5. The molecule has 0 saturated carbocycles. The molecule has 0 unspecified atom stereocenters. The summed E-state index contributed by atoms with van der Waals surface area (Å²) < 4.78 is 8.97. The van der Waals surface area contributed by atoms with Crippen LogP contribution in [-0.4, -0.2) is 23.4 Å². The number of aromatic nitrogens is 1. The second-order valence-electron chi connectivity index (χ2n) is 5.23. The van der Waals surface area contributed by atoms with Crippen molar-refractivity contribution in [1.82, 2.24) is 4.98 Å². The summed E-state index contributed by atoms with van der Waals surface area (Å²) in [5, 5.41) is 0. The average molecular weight is 316 g/mol. The average Bonchev–Trinajstić information content (AvgIpc) is 2.55. The first-order valence-electron chi connectivity index (χ1n) is 5.84. The van der Waals surface area contributed by atoms with Gasteiger partial charge in [0.15, 0.2) is 0 Å². The van der Waals surface area contributed by atoms with Gasteiger partial charge < -0.3 is 0 Å². The van der Waals surface area contributed by atoms with E-state index in [1.54, 1.807) is 12.5 Å². The van der Waals surface area contributed by atoms with E-state index in [9.17, 15) is 0 Å². The topological polar surface area (TPSA) is 26.0 Å². The molecule has 2 nitrogen and oxygen atoms in total. The van der Waals surface area contributed by atoms with Crippen LogP contribution in [0.25, 0.3) is 0 Å². The monoisotopic (exact) mass is 317 g/mol. The van der Waals surface area contributed by atoms with Crippen molar-refractivity contribution in [3.8, 4) is 0 Å². The summed E-state index contributed by atoms with van der Waals surface area (Å²) >= 11 is -2.49.